The first-order valence-corrected chi connectivity index (χ1v) is 6.42. The maximum Gasteiger partial charge on any atom is 0.401 e. The maximum absolute atomic E-state index is 12.2. The van der Waals surface area contributed by atoms with Crippen molar-refractivity contribution < 1.29 is 13.2 Å². The first-order chi connectivity index (χ1) is 8.92. The molecule has 0 atom stereocenters. The number of hydrogen-bond acceptors (Lipinski definition) is 3. The number of piperazine rings is 1. The molecule has 19 heavy (non-hydrogen) atoms. The van der Waals surface area contributed by atoms with E-state index in [4.69, 9.17) is 11.6 Å². The molecule has 0 radical (unpaired) electrons. The molecule has 0 unspecified atom stereocenters. The molecule has 3 nitrogen and oxygen atoms in total. The highest BCUT2D eigenvalue weighted by molar-refractivity contribution is 6.30. The van der Waals surface area contributed by atoms with Crippen LogP contribution < -0.4 is 0 Å². The minimum Gasteiger partial charge on any atom is -0.295 e. The molecule has 1 aromatic heterocycles. The molecule has 2 heterocycles. The fourth-order valence-corrected chi connectivity index (χ4v) is 2.31. The summed E-state index contributed by atoms with van der Waals surface area (Å²) < 4.78 is 36.7. The Labute approximate surface area is 115 Å². The first kappa shape index (κ1) is 14.6. The fourth-order valence-electron chi connectivity index (χ4n) is 2.12. The van der Waals surface area contributed by atoms with Crippen molar-refractivity contribution >= 4 is 11.6 Å². The Bertz CT molecular complexity index is 417. The van der Waals surface area contributed by atoms with E-state index in [0.29, 0.717) is 37.7 Å². The van der Waals surface area contributed by atoms with Gasteiger partial charge in [0.15, 0.2) is 0 Å². The summed E-state index contributed by atoms with van der Waals surface area (Å²) in [6, 6.07) is 3.48. The van der Waals surface area contributed by atoms with Gasteiger partial charge in [0.25, 0.3) is 0 Å². The van der Waals surface area contributed by atoms with Gasteiger partial charge in [0, 0.05) is 43.9 Å². The molecule has 106 valence electrons. The SMILES string of the molecule is FC(F)(F)CN1CCN(Cc2cc(Cl)ccn2)CC1. The van der Waals surface area contributed by atoms with E-state index in [2.05, 4.69) is 9.88 Å². The van der Waals surface area contributed by atoms with Gasteiger partial charge in [-0.05, 0) is 12.1 Å². The number of aromatic nitrogens is 1. The van der Waals surface area contributed by atoms with Crippen molar-refractivity contribution in [2.75, 3.05) is 32.7 Å². The second-order valence-corrected chi connectivity index (χ2v) is 5.07. The zero-order valence-corrected chi connectivity index (χ0v) is 11.1. The van der Waals surface area contributed by atoms with Crippen molar-refractivity contribution in [3.8, 4) is 0 Å². The summed E-state index contributed by atoms with van der Waals surface area (Å²) in [6.45, 7) is 1.89. The molecule has 1 aliphatic heterocycles. The van der Waals surface area contributed by atoms with Crippen LogP contribution in [0.5, 0.6) is 0 Å². The molecule has 2 rings (SSSR count). The molecule has 0 spiro atoms. The summed E-state index contributed by atoms with van der Waals surface area (Å²) in [7, 11) is 0. The smallest absolute Gasteiger partial charge is 0.295 e. The highest BCUT2D eigenvalue weighted by Gasteiger charge is 2.32. The number of alkyl halides is 3. The third kappa shape index (κ3) is 4.97. The molecule has 0 aliphatic carbocycles. The van der Waals surface area contributed by atoms with Gasteiger partial charge in [-0.25, -0.2) is 0 Å². The molecule has 0 bridgehead atoms. The Morgan fingerprint density at radius 2 is 1.79 bits per heavy atom. The van der Waals surface area contributed by atoms with Crippen LogP contribution in [0.4, 0.5) is 13.2 Å². The molecule has 0 saturated carbocycles. The largest absolute Gasteiger partial charge is 0.401 e. The van der Waals surface area contributed by atoms with Crippen molar-refractivity contribution in [1.82, 2.24) is 14.8 Å². The van der Waals surface area contributed by atoms with Crippen molar-refractivity contribution in [2.24, 2.45) is 0 Å². The molecule has 0 aromatic carbocycles. The molecule has 1 aromatic rings. The summed E-state index contributed by atoms with van der Waals surface area (Å²) in [5.74, 6) is 0. The lowest BCUT2D eigenvalue weighted by Gasteiger charge is -2.34. The summed E-state index contributed by atoms with van der Waals surface area (Å²) >= 11 is 5.87. The van der Waals surface area contributed by atoms with Crippen LogP contribution in [-0.2, 0) is 6.54 Å². The van der Waals surface area contributed by atoms with Gasteiger partial charge in [0.05, 0.1) is 12.2 Å². The number of hydrogen-bond donors (Lipinski definition) is 0. The number of halogens is 4. The Kier molecular flexibility index (Phi) is 4.65. The lowest BCUT2D eigenvalue weighted by molar-refractivity contribution is -0.149. The minimum absolute atomic E-state index is 0.431. The van der Waals surface area contributed by atoms with Gasteiger partial charge >= 0.3 is 6.18 Å². The second-order valence-electron chi connectivity index (χ2n) is 4.63. The predicted octanol–water partition coefficient (Wildman–Crippen LogP) is 2.41. The summed E-state index contributed by atoms with van der Waals surface area (Å²) in [5.41, 5.74) is 0.844. The maximum atomic E-state index is 12.2. The van der Waals surface area contributed by atoms with Crippen LogP contribution in [0.1, 0.15) is 5.69 Å². The van der Waals surface area contributed by atoms with Crippen molar-refractivity contribution in [3.05, 3.63) is 29.0 Å². The third-order valence-corrected chi connectivity index (χ3v) is 3.27. The van der Waals surface area contributed by atoms with Crippen LogP contribution in [0.25, 0.3) is 0 Å². The van der Waals surface area contributed by atoms with E-state index < -0.39 is 12.7 Å². The molecular weight excluding hydrogens is 279 g/mol. The number of nitrogens with zero attached hydrogens (tertiary/aromatic N) is 3. The van der Waals surface area contributed by atoms with Crippen LogP contribution in [0.3, 0.4) is 0 Å². The van der Waals surface area contributed by atoms with Gasteiger partial charge in [-0.3, -0.25) is 14.8 Å². The van der Waals surface area contributed by atoms with E-state index in [1.165, 1.54) is 4.90 Å². The molecule has 7 heteroatoms. The zero-order valence-electron chi connectivity index (χ0n) is 10.3. The quantitative estimate of drug-likeness (QED) is 0.853. The van der Waals surface area contributed by atoms with E-state index in [0.717, 1.165) is 5.69 Å². The van der Waals surface area contributed by atoms with Crippen LogP contribution in [-0.4, -0.2) is 53.7 Å². The Hall–Kier alpha value is -0.850. The number of pyridine rings is 1. The lowest BCUT2D eigenvalue weighted by atomic mass is 10.2. The van der Waals surface area contributed by atoms with Gasteiger partial charge in [0.2, 0.25) is 0 Å². The standard InChI is InChI=1S/C12H15ClF3N3/c13-10-1-2-17-11(7-10)8-18-3-5-19(6-4-18)9-12(14,15)16/h1-2,7H,3-6,8-9H2. The van der Waals surface area contributed by atoms with Crippen molar-refractivity contribution in [1.29, 1.82) is 0 Å². The van der Waals surface area contributed by atoms with Crippen molar-refractivity contribution in [3.63, 3.8) is 0 Å². The third-order valence-electron chi connectivity index (χ3n) is 3.03. The van der Waals surface area contributed by atoms with E-state index >= 15 is 0 Å². The zero-order chi connectivity index (χ0) is 13.9. The summed E-state index contributed by atoms with van der Waals surface area (Å²) in [6.07, 6.45) is -2.48. The molecule has 0 N–H and O–H groups in total. The monoisotopic (exact) mass is 293 g/mol. The fraction of sp³-hybridized carbons (Fsp3) is 0.583. The molecular formula is C12H15ClF3N3. The van der Waals surface area contributed by atoms with Crippen LogP contribution in [0.2, 0.25) is 5.02 Å². The van der Waals surface area contributed by atoms with E-state index in [1.807, 2.05) is 0 Å². The van der Waals surface area contributed by atoms with Crippen LogP contribution in [0.15, 0.2) is 18.3 Å². The van der Waals surface area contributed by atoms with Gasteiger partial charge in [-0.15, -0.1) is 0 Å². The number of rotatable bonds is 3. The Balaban J connectivity index is 1.80. The topological polar surface area (TPSA) is 19.4 Å². The Morgan fingerprint density at radius 3 is 2.37 bits per heavy atom. The van der Waals surface area contributed by atoms with Gasteiger partial charge < -0.3 is 0 Å². The van der Waals surface area contributed by atoms with E-state index in [9.17, 15) is 13.2 Å². The minimum atomic E-state index is -4.11. The second kappa shape index (κ2) is 6.07. The molecule has 1 saturated heterocycles. The lowest BCUT2D eigenvalue weighted by Crippen LogP contribution is -2.48. The summed E-state index contributed by atoms with van der Waals surface area (Å²) in [5, 5.41) is 0.626. The average molecular weight is 294 g/mol. The molecule has 1 fully saturated rings. The molecule has 0 amide bonds. The van der Waals surface area contributed by atoms with Gasteiger partial charge in [-0.2, -0.15) is 13.2 Å². The average Bonchev–Trinajstić information content (AvgIpc) is 2.30. The molecule has 1 aliphatic rings. The normalized spacial score (nSPS) is 18.7. The summed E-state index contributed by atoms with van der Waals surface area (Å²) in [4.78, 5) is 7.71. The highest BCUT2D eigenvalue weighted by atomic mass is 35.5. The van der Waals surface area contributed by atoms with Gasteiger partial charge in [-0.1, -0.05) is 11.6 Å². The van der Waals surface area contributed by atoms with Crippen LogP contribution in [0, 0.1) is 0 Å². The van der Waals surface area contributed by atoms with E-state index in [-0.39, 0.29) is 0 Å². The van der Waals surface area contributed by atoms with Crippen LogP contribution >= 0.6 is 11.6 Å². The predicted molar refractivity (Wildman–Crippen MR) is 67.0 cm³/mol. The van der Waals surface area contributed by atoms with E-state index in [1.54, 1.807) is 18.3 Å². The first-order valence-electron chi connectivity index (χ1n) is 6.04. The highest BCUT2D eigenvalue weighted by Crippen LogP contribution is 2.18. The van der Waals surface area contributed by atoms with Gasteiger partial charge in [0.1, 0.15) is 0 Å². The van der Waals surface area contributed by atoms with Crippen molar-refractivity contribution in [2.45, 2.75) is 12.7 Å². The Morgan fingerprint density at radius 1 is 1.16 bits per heavy atom.